The van der Waals surface area contributed by atoms with Crippen LogP contribution in [0, 0.1) is 6.92 Å². The topological polar surface area (TPSA) is 68.5 Å². The average Bonchev–Trinajstić information content (AvgIpc) is 2.58. The van der Waals surface area contributed by atoms with E-state index in [1.165, 1.54) is 6.07 Å². The number of aryl methyl sites for hydroxylation is 1. The zero-order chi connectivity index (χ0) is 16.9. The van der Waals surface area contributed by atoms with E-state index >= 15 is 0 Å². The summed E-state index contributed by atoms with van der Waals surface area (Å²) in [5.74, 6) is 0.258. The van der Waals surface area contributed by atoms with Crippen LogP contribution in [0.15, 0.2) is 63.8 Å². The van der Waals surface area contributed by atoms with Crippen LogP contribution in [-0.4, -0.2) is 12.5 Å². The van der Waals surface area contributed by atoms with Gasteiger partial charge in [-0.25, -0.2) is 4.79 Å². The number of hydrogen-bond donors (Lipinski definition) is 1. The minimum Gasteiger partial charge on any atom is -0.484 e. The van der Waals surface area contributed by atoms with Gasteiger partial charge in [0.1, 0.15) is 11.3 Å². The molecule has 5 nitrogen and oxygen atoms in total. The molecule has 0 fully saturated rings. The van der Waals surface area contributed by atoms with E-state index in [2.05, 4.69) is 5.32 Å². The van der Waals surface area contributed by atoms with Crippen molar-refractivity contribution in [2.45, 2.75) is 13.5 Å². The van der Waals surface area contributed by atoms with Crippen molar-refractivity contribution in [3.05, 3.63) is 76.1 Å². The molecule has 0 saturated carbocycles. The van der Waals surface area contributed by atoms with E-state index in [1.807, 2.05) is 31.2 Å². The molecule has 1 aromatic heterocycles. The summed E-state index contributed by atoms with van der Waals surface area (Å²) in [5, 5.41) is 3.60. The van der Waals surface area contributed by atoms with Crippen molar-refractivity contribution in [3.8, 4) is 5.75 Å². The molecule has 0 aliphatic carbocycles. The highest BCUT2D eigenvalue weighted by atomic mass is 16.5. The summed E-state index contributed by atoms with van der Waals surface area (Å²) in [4.78, 5) is 23.1. The Kier molecular flexibility index (Phi) is 4.61. The number of benzene rings is 2. The van der Waals surface area contributed by atoms with Gasteiger partial charge in [0, 0.05) is 24.1 Å². The van der Waals surface area contributed by atoms with Crippen molar-refractivity contribution in [1.29, 1.82) is 0 Å². The third-order valence-electron chi connectivity index (χ3n) is 3.54. The first-order valence-corrected chi connectivity index (χ1v) is 7.59. The van der Waals surface area contributed by atoms with Crippen LogP contribution in [0.5, 0.6) is 5.75 Å². The minimum absolute atomic E-state index is 0.103. The smallest absolute Gasteiger partial charge is 0.336 e. The number of rotatable bonds is 5. The largest absolute Gasteiger partial charge is 0.484 e. The summed E-state index contributed by atoms with van der Waals surface area (Å²) >= 11 is 0. The highest BCUT2D eigenvalue weighted by molar-refractivity contribution is 5.79. The fourth-order valence-corrected chi connectivity index (χ4v) is 2.35. The van der Waals surface area contributed by atoms with E-state index in [1.54, 1.807) is 24.3 Å². The van der Waals surface area contributed by atoms with Crippen LogP contribution in [0.1, 0.15) is 11.1 Å². The number of carbonyl (C=O) groups is 1. The predicted octanol–water partition coefficient (Wildman–Crippen LogP) is 2.80. The lowest BCUT2D eigenvalue weighted by atomic mass is 10.1. The second-order valence-electron chi connectivity index (χ2n) is 5.51. The first-order chi connectivity index (χ1) is 11.6. The zero-order valence-electron chi connectivity index (χ0n) is 13.2. The fourth-order valence-electron chi connectivity index (χ4n) is 2.35. The van der Waals surface area contributed by atoms with Crippen molar-refractivity contribution >= 4 is 16.9 Å². The SMILES string of the molecule is Cc1cccc(CNC(=O)COc2ccc3ccc(=O)oc3c2)c1. The summed E-state index contributed by atoms with van der Waals surface area (Å²) in [6.45, 7) is 2.36. The number of ether oxygens (including phenoxy) is 1. The Bertz CT molecular complexity index is 930. The predicted molar refractivity (Wildman–Crippen MR) is 91.0 cm³/mol. The van der Waals surface area contributed by atoms with Crippen LogP contribution < -0.4 is 15.7 Å². The molecule has 5 heteroatoms. The summed E-state index contributed by atoms with van der Waals surface area (Å²) in [6.07, 6.45) is 0. The molecule has 122 valence electrons. The number of amides is 1. The maximum atomic E-state index is 11.9. The van der Waals surface area contributed by atoms with Crippen LogP contribution in [0.3, 0.4) is 0 Å². The van der Waals surface area contributed by atoms with Gasteiger partial charge in [0.2, 0.25) is 0 Å². The van der Waals surface area contributed by atoms with Crippen LogP contribution in [0.25, 0.3) is 11.0 Å². The molecule has 1 N–H and O–H groups in total. The van der Waals surface area contributed by atoms with Gasteiger partial charge < -0.3 is 14.5 Å². The molecule has 0 saturated heterocycles. The molecule has 0 aliphatic rings. The molecule has 0 bridgehead atoms. The van der Waals surface area contributed by atoms with E-state index < -0.39 is 5.63 Å². The lowest BCUT2D eigenvalue weighted by Gasteiger charge is -2.08. The van der Waals surface area contributed by atoms with Crippen molar-refractivity contribution in [2.24, 2.45) is 0 Å². The third kappa shape index (κ3) is 4.01. The second kappa shape index (κ2) is 7.00. The van der Waals surface area contributed by atoms with Crippen molar-refractivity contribution < 1.29 is 13.9 Å². The number of hydrogen-bond acceptors (Lipinski definition) is 4. The highest BCUT2D eigenvalue weighted by Crippen LogP contribution is 2.19. The molecule has 3 rings (SSSR count). The normalized spacial score (nSPS) is 10.5. The molecule has 0 spiro atoms. The van der Waals surface area contributed by atoms with E-state index in [-0.39, 0.29) is 12.5 Å². The molecule has 2 aromatic carbocycles. The molecule has 0 atom stereocenters. The van der Waals surface area contributed by atoms with Crippen molar-refractivity contribution in [2.75, 3.05) is 6.61 Å². The van der Waals surface area contributed by atoms with E-state index in [0.717, 1.165) is 16.5 Å². The Hall–Kier alpha value is -3.08. The Morgan fingerprint density at radius 1 is 1.12 bits per heavy atom. The zero-order valence-corrected chi connectivity index (χ0v) is 13.2. The van der Waals surface area contributed by atoms with Crippen LogP contribution in [0.2, 0.25) is 0 Å². The Morgan fingerprint density at radius 3 is 2.79 bits per heavy atom. The molecule has 0 unspecified atom stereocenters. The van der Waals surface area contributed by atoms with Gasteiger partial charge in [0.15, 0.2) is 6.61 Å². The van der Waals surface area contributed by atoms with Crippen molar-refractivity contribution in [3.63, 3.8) is 0 Å². The van der Waals surface area contributed by atoms with Gasteiger partial charge in [-0.05, 0) is 30.7 Å². The maximum Gasteiger partial charge on any atom is 0.336 e. The first kappa shape index (κ1) is 15.8. The first-order valence-electron chi connectivity index (χ1n) is 7.59. The maximum absolute atomic E-state index is 11.9. The third-order valence-corrected chi connectivity index (χ3v) is 3.54. The molecule has 1 heterocycles. The summed E-state index contributed by atoms with van der Waals surface area (Å²) < 4.78 is 10.5. The summed E-state index contributed by atoms with van der Waals surface area (Å²) in [7, 11) is 0. The summed E-state index contributed by atoms with van der Waals surface area (Å²) in [6, 6.07) is 16.1. The van der Waals surface area contributed by atoms with Gasteiger partial charge in [0.25, 0.3) is 5.91 Å². The monoisotopic (exact) mass is 323 g/mol. The Labute approximate surface area is 138 Å². The number of fused-ring (bicyclic) bond motifs is 1. The molecule has 24 heavy (non-hydrogen) atoms. The number of nitrogens with one attached hydrogen (secondary N) is 1. The second-order valence-corrected chi connectivity index (χ2v) is 5.51. The molecule has 0 aliphatic heterocycles. The van der Waals surface area contributed by atoms with E-state index in [0.29, 0.717) is 17.9 Å². The van der Waals surface area contributed by atoms with Crippen LogP contribution in [0.4, 0.5) is 0 Å². The Morgan fingerprint density at radius 2 is 1.96 bits per heavy atom. The quantitative estimate of drug-likeness (QED) is 0.733. The van der Waals surface area contributed by atoms with Gasteiger partial charge in [-0.15, -0.1) is 0 Å². The standard InChI is InChI=1S/C19H17NO4/c1-13-3-2-4-14(9-13)11-20-18(21)12-23-16-7-5-15-6-8-19(22)24-17(15)10-16/h2-10H,11-12H2,1H3,(H,20,21). The minimum atomic E-state index is -0.421. The lowest BCUT2D eigenvalue weighted by molar-refractivity contribution is -0.123. The van der Waals surface area contributed by atoms with Crippen molar-refractivity contribution in [1.82, 2.24) is 5.32 Å². The highest BCUT2D eigenvalue weighted by Gasteiger charge is 2.05. The van der Waals surface area contributed by atoms with Crippen LogP contribution in [-0.2, 0) is 11.3 Å². The van der Waals surface area contributed by atoms with Gasteiger partial charge in [-0.2, -0.15) is 0 Å². The van der Waals surface area contributed by atoms with E-state index in [9.17, 15) is 9.59 Å². The van der Waals surface area contributed by atoms with Gasteiger partial charge >= 0.3 is 5.63 Å². The van der Waals surface area contributed by atoms with Gasteiger partial charge in [0.05, 0.1) is 0 Å². The molecule has 3 aromatic rings. The molecule has 1 amide bonds. The lowest BCUT2D eigenvalue weighted by Crippen LogP contribution is -2.28. The van der Waals surface area contributed by atoms with Gasteiger partial charge in [-0.1, -0.05) is 29.8 Å². The van der Waals surface area contributed by atoms with Crippen LogP contribution >= 0.6 is 0 Å². The molecular weight excluding hydrogens is 306 g/mol. The van der Waals surface area contributed by atoms with E-state index in [4.69, 9.17) is 9.15 Å². The Balaban J connectivity index is 1.57. The average molecular weight is 323 g/mol. The fraction of sp³-hybridized carbons (Fsp3) is 0.158. The summed E-state index contributed by atoms with van der Waals surface area (Å²) in [5.41, 5.74) is 2.20. The van der Waals surface area contributed by atoms with Gasteiger partial charge in [-0.3, -0.25) is 4.79 Å². The molecular formula is C19H17NO4. The molecule has 0 radical (unpaired) electrons. The number of carbonyl (C=O) groups excluding carboxylic acids is 1.